The van der Waals surface area contributed by atoms with Gasteiger partial charge in [-0.25, -0.2) is 4.98 Å². The van der Waals surface area contributed by atoms with Crippen LogP contribution in [0.5, 0.6) is 0 Å². The summed E-state index contributed by atoms with van der Waals surface area (Å²) in [5.74, 6) is 0.559. The fraction of sp³-hybridized carbons (Fsp3) is 0.100. The Morgan fingerprint density at radius 2 is 1.30 bits per heavy atom. The van der Waals surface area contributed by atoms with Crippen LogP contribution in [0.15, 0.2) is 143 Å². The molecule has 3 heteroatoms. The summed E-state index contributed by atoms with van der Waals surface area (Å²) in [7, 11) is 0. The van der Waals surface area contributed by atoms with E-state index in [4.69, 9.17) is 14.4 Å². The molecule has 1 heterocycles. The van der Waals surface area contributed by atoms with Crippen LogP contribution in [-0.4, -0.2) is 11.2 Å². The van der Waals surface area contributed by atoms with Crippen LogP contribution in [0, 0.1) is 0 Å². The van der Waals surface area contributed by atoms with Gasteiger partial charge in [0.25, 0.3) is 0 Å². The van der Waals surface area contributed by atoms with Crippen molar-refractivity contribution < 1.29 is 4.42 Å². The minimum atomic E-state index is 0.0755. The third-order valence-electron chi connectivity index (χ3n) is 7.93. The van der Waals surface area contributed by atoms with Crippen molar-refractivity contribution in [1.29, 1.82) is 0 Å². The van der Waals surface area contributed by atoms with Crippen LogP contribution >= 0.6 is 0 Å². The van der Waals surface area contributed by atoms with E-state index in [2.05, 4.69) is 118 Å². The van der Waals surface area contributed by atoms with Crippen molar-refractivity contribution in [3.63, 3.8) is 0 Å². The molecule has 43 heavy (non-hydrogen) atoms. The summed E-state index contributed by atoms with van der Waals surface area (Å²) in [6, 6.07) is 46.3. The van der Waals surface area contributed by atoms with Gasteiger partial charge in [0.2, 0.25) is 5.89 Å². The molecule has 0 amide bonds. The highest BCUT2D eigenvalue weighted by Gasteiger charge is 2.16. The summed E-state index contributed by atoms with van der Waals surface area (Å²) < 4.78 is 6.36. The van der Waals surface area contributed by atoms with Gasteiger partial charge >= 0.3 is 0 Å². The molecule has 0 saturated carbocycles. The average molecular weight is 557 g/mol. The van der Waals surface area contributed by atoms with Crippen LogP contribution in [0.2, 0.25) is 0 Å². The lowest BCUT2D eigenvalue weighted by molar-refractivity contribution is 0.590. The van der Waals surface area contributed by atoms with E-state index >= 15 is 0 Å². The standard InChI is InChI=1S/C40H32N2O/c1-40(2,3)31-17-8-12-27(24-31)26-41-36-22-7-6-19-35(36)39-42-38-34(21-11-23-37(38)43-39)30-16-9-15-29(25-30)33-20-10-14-28-13-4-5-18-32(28)33/h4-26H,1-3H3. The highest BCUT2D eigenvalue weighted by atomic mass is 16.3. The highest BCUT2D eigenvalue weighted by Crippen LogP contribution is 2.37. The fourth-order valence-electron chi connectivity index (χ4n) is 5.62. The minimum absolute atomic E-state index is 0.0755. The molecule has 3 nitrogen and oxygen atoms in total. The topological polar surface area (TPSA) is 38.4 Å². The first-order valence-electron chi connectivity index (χ1n) is 14.7. The Kier molecular flexibility index (Phi) is 6.71. The van der Waals surface area contributed by atoms with Crippen LogP contribution in [-0.2, 0) is 5.41 Å². The van der Waals surface area contributed by atoms with E-state index < -0.39 is 0 Å². The summed E-state index contributed by atoms with van der Waals surface area (Å²) in [4.78, 5) is 9.90. The Morgan fingerprint density at radius 1 is 0.628 bits per heavy atom. The van der Waals surface area contributed by atoms with Crippen LogP contribution < -0.4 is 0 Å². The Hall–Kier alpha value is -5.28. The monoisotopic (exact) mass is 556 g/mol. The predicted octanol–water partition coefficient (Wildman–Crippen LogP) is 11.0. The summed E-state index contributed by atoms with van der Waals surface area (Å²) >= 11 is 0. The first-order chi connectivity index (χ1) is 20.9. The Balaban J connectivity index is 1.27. The number of hydrogen-bond acceptors (Lipinski definition) is 3. The molecule has 1 aromatic heterocycles. The van der Waals surface area contributed by atoms with E-state index in [0.717, 1.165) is 39.0 Å². The number of aromatic nitrogens is 1. The molecule has 7 aromatic rings. The van der Waals surface area contributed by atoms with Gasteiger partial charge in [-0.15, -0.1) is 0 Å². The van der Waals surface area contributed by atoms with Gasteiger partial charge in [0.05, 0.1) is 11.3 Å². The van der Waals surface area contributed by atoms with E-state index in [9.17, 15) is 0 Å². The molecule has 0 unspecified atom stereocenters. The van der Waals surface area contributed by atoms with Crippen molar-refractivity contribution in [2.45, 2.75) is 26.2 Å². The number of benzene rings is 6. The van der Waals surface area contributed by atoms with Crippen LogP contribution in [0.25, 0.3) is 55.6 Å². The van der Waals surface area contributed by atoms with E-state index in [1.807, 2.05) is 42.6 Å². The molecule has 0 N–H and O–H groups in total. The molecule has 6 aromatic carbocycles. The Labute approximate surface area is 252 Å². The van der Waals surface area contributed by atoms with Crippen molar-refractivity contribution in [3.8, 4) is 33.7 Å². The van der Waals surface area contributed by atoms with Crippen molar-refractivity contribution in [1.82, 2.24) is 4.98 Å². The molecule has 0 aliphatic rings. The van der Waals surface area contributed by atoms with Crippen molar-refractivity contribution in [2.24, 2.45) is 4.99 Å². The largest absolute Gasteiger partial charge is 0.436 e. The van der Waals surface area contributed by atoms with Crippen LogP contribution in [0.3, 0.4) is 0 Å². The lowest BCUT2D eigenvalue weighted by atomic mass is 9.86. The number of nitrogens with zero attached hydrogens (tertiary/aromatic N) is 2. The SMILES string of the molecule is CC(C)(C)c1cccc(C=Nc2ccccc2-c2nc3c(-c4cccc(-c5cccc6ccccc56)c4)cccc3o2)c1. The van der Waals surface area contributed by atoms with Crippen LogP contribution in [0.4, 0.5) is 5.69 Å². The first kappa shape index (κ1) is 26.6. The fourth-order valence-corrected chi connectivity index (χ4v) is 5.62. The third-order valence-corrected chi connectivity index (χ3v) is 7.93. The quantitative estimate of drug-likeness (QED) is 0.198. The van der Waals surface area contributed by atoms with Gasteiger partial charge in [-0.3, -0.25) is 4.99 Å². The number of aliphatic imine (C=N–C) groups is 1. The first-order valence-corrected chi connectivity index (χ1v) is 14.7. The highest BCUT2D eigenvalue weighted by molar-refractivity contribution is 5.99. The molecule has 0 aliphatic heterocycles. The van der Waals surface area contributed by atoms with Gasteiger partial charge in [0.1, 0.15) is 5.52 Å². The summed E-state index contributed by atoms with van der Waals surface area (Å²) in [5, 5.41) is 2.48. The van der Waals surface area contributed by atoms with Gasteiger partial charge in [0.15, 0.2) is 5.58 Å². The van der Waals surface area contributed by atoms with E-state index in [0.29, 0.717) is 5.89 Å². The van der Waals surface area contributed by atoms with Gasteiger partial charge in [-0.05, 0) is 74.3 Å². The summed E-state index contributed by atoms with van der Waals surface area (Å²) in [5.41, 5.74) is 10.2. The molecular weight excluding hydrogens is 524 g/mol. The maximum absolute atomic E-state index is 6.36. The number of para-hydroxylation sites is 2. The maximum atomic E-state index is 6.36. The van der Waals surface area contributed by atoms with Crippen molar-refractivity contribution >= 4 is 33.8 Å². The zero-order chi connectivity index (χ0) is 29.4. The molecule has 0 aliphatic carbocycles. The number of rotatable bonds is 5. The average Bonchev–Trinajstić information content (AvgIpc) is 3.48. The molecule has 0 atom stereocenters. The number of oxazole rings is 1. The molecule has 0 fully saturated rings. The van der Waals surface area contributed by atoms with E-state index in [1.54, 1.807) is 0 Å². The predicted molar refractivity (Wildman–Crippen MR) is 180 cm³/mol. The van der Waals surface area contributed by atoms with Gasteiger partial charge in [-0.1, -0.05) is 124 Å². The second-order valence-corrected chi connectivity index (χ2v) is 11.9. The molecule has 7 rings (SSSR count). The molecule has 0 radical (unpaired) electrons. The normalized spacial score (nSPS) is 12.0. The molecule has 0 bridgehead atoms. The second-order valence-electron chi connectivity index (χ2n) is 11.9. The lowest BCUT2D eigenvalue weighted by Crippen LogP contribution is -2.11. The Morgan fingerprint density at radius 3 is 2.19 bits per heavy atom. The Bertz CT molecular complexity index is 2120. The number of hydrogen-bond donors (Lipinski definition) is 0. The van der Waals surface area contributed by atoms with Crippen molar-refractivity contribution in [3.05, 3.63) is 145 Å². The molecular formula is C40H32N2O. The maximum Gasteiger partial charge on any atom is 0.229 e. The van der Waals surface area contributed by atoms with Gasteiger partial charge in [-0.2, -0.15) is 0 Å². The van der Waals surface area contributed by atoms with Crippen LogP contribution in [0.1, 0.15) is 31.9 Å². The van der Waals surface area contributed by atoms with Crippen molar-refractivity contribution in [2.75, 3.05) is 0 Å². The van der Waals surface area contributed by atoms with E-state index in [1.165, 1.54) is 27.5 Å². The molecule has 208 valence electrons. The zero-order valence-corrected chi connectivity index (χ0v) is 24.6. The lowest BCUT2D eigenvalue weighted by Gasteiger charge is -2.19. The minimum Gasteiger partial charge on any atom is -0.436 e. The smallest absolute Gasteiger partial charge is 0.229 e. The summed E-state index contributed by atoms with van der Waals surface area (Å²) in [6.45, 7) is 6.67. The third kappa shape index (κ3) is 5.26. The van der Waals surface area contributed by atoms with E-state index in [-0.39, 0.29) is 5.41 Å². The molecule has 0 saturated heterocycles. The second kappa shape index (κ2) is 10.8. The van der Waals surface area contributed by atoms with Gasteiger partial charge in [0, 0.05) is 11.8 Å². The number of fused-ring (bicyclic) bond motifs is 2. The summed E-state index contributed by atoms with van der Waals surface area (Å²) in [6.07, 6.45) is 1.92. The molecule has 0 spiro atoms. The van der Waals surface area contributed by atoms with Gasteiger partial charge < -0.3 is 4.42 Å². The zero-order valence-electron chi connectivity index (χ0n) is 24.6.